The first kappa shape index (κ1) is 13.0. The molecule has 0 aromatic heterocycles. The maximum atomic E-state index is 13.2. The van der Waals surface area contributed by atoms with Gasteiger partial charge in [-0.1, -0.05) is 0 Å². The van der Waals surface area contributed by atoms with Crippen molar-refractivity contribution in [1.82, 2.24) is 0 Å². The van der Waals surface area contributed by atoms with Crippen molar-refractivity contribution in [3.05, 3.63) is 29.6 Å². The third-order valence-corrected chi connectivity index (χ3v) is 2.73. The molecule has 0 aliphatic heterocycles. The Morgan fingerprint density at radius 2 is 2.06 bits per heavy atom. The highest BCUT2D eigenvalue weighted by Crippen LogP contribution is 2.23. The molecule has 0 saturated carbocycles. The molecule has 0 aliphatic carbocycles. The number of benzene rings is 1. The van der Waals surface area contributed by atoms with Gasteiger partial charge in [-0.25, -0.2) is 4.39 Å². The van der Waals surface area contributed by atoms with Gasteiger partial charge in [0, 0.05) is 18.3 Å². The predicted octanol–water partition coefficient (Wildman–Crippen LogP) is 2.56. The van der Waals surface area contributed by atoms with E-state index in [0.29, 0.717) is 12.6 Å². The molecular formula is C13H21FN2. The van der Waals surface area contributed by atoms with Crippen molar-refractivity contribution < 1.29 is 4.39 Å². The number of halogens is 1. The smallest absolute Gasteiger partial charge is 0.123 e. The third-order valence-electron chi connectivity index (χ3n) is 2.73. The Hall–Kier alpha value is -1.09. The summed E-state index contributed by atoms with van der Waals surface area (Å²) in [5.41, 5.74) is 7.66. The monoisotopic (exact) mass is 224 g/mol. The van der Waals surface area contributed by atoms with Gasteiger partial charge in [0.2, 0.25) is 0 Å². The number of hydrogen-bond donors (Lipinski definition) is 1. The zero-order chi connectivity index (χ0) is 12.1. The quantitative estimate of drug-likeness (QED) is 0.833. The zero-order valence-corrected chi connectivity index (χ0v) is 10.3. The Kier molecular flexibility index (Phi) is 4.74. The average molecular weight is 224 g/mol. The van der Waals surface area contributed by atoms with E-state index in [0.717, 1.165) is 24.2 Å². The fourth-order valence-electron chi connectivity index (χ4n) is 2.00. The van der Waals surface area contributed by atoms with E-state index in [9.17, 15) is 4.39 Å². The fourth-order valence-corrected chi connectivity index (χ4v) is 2.00. The van der Waals surface area contributed by atoms with Crippen LogP contribution in [0.3, 0.4) is 0 Å². The molecule has 0 amide bonds. The van der Waals surface area contributed by atoms with Crippen LogP contribution in [0.4, 0.5) is 10.1 Å². The second kappa shape index (κ2) is 5.85. The fraction of sp³-hybridized carbons (Fsp3) is 0.538. The van der Waals surface area contributed by atoms with Crippen molar-refractivity contribution in [3.8, 4) is 0 Å². The Bertz CT molecular complexity index is 337. The lowest BCUT2D eigenvalue weighted by molar-refractivity contribution is 0.623. The van der Waals surface area contributed by atoms with Crippen molar-refractivity contribution in [2.75, 3.05) is 18.0 Å². The molecule has 90 valence electrons. The maximum absolute atomic E-state index is 13.2. The molecule has 0 saturated heterocycles. The molecule has 0 unspecified atom stereocenters. The lowest BCUT2D eigenvalue weighted by atomic mass is 10.1. The number of nitrogens with zero attached hydrogens (tertiary/aromatic N) is 1. The summed E-state index contributed by atoms with van der Waals surface area (Å²) in [4.78, 5) is 2.25. The number of anilines is 1. The molecule has 0 spiro atoms. The molecule has 1 aromatic rings. The molecule has 1 rings (SSSR count). The van der Waals surface area contributed by atoms with Crippen LogP contribution in [-0.2, 0) is 6.42 Å². The van der Waals surface area contributed by atoms with Gasteiger partial charge >= 0.3 is 0 Å². The Morgan fingerprint density at radius 3 is 2.56 bits per heavy atom. The van der Waals surface area contributed by atoms with Crippen LogP contribution >= 0.6 is 0 Å². The summed E-state index contributed by atoms with van der Waals surface area (Å²) in [6, 6.07) is 5.37. The van der Waals surface area contributed by atoms with E-state index in [1.807, 2.05) is 6.07 Å². The van der Waals surface area contributed by atoms with Gasteiger partial charge in [-0.3, -0.25) is 0 Å². The van der Waals surface area contributed by atoms with Crippen LogP contribution in [0.5, 0.6) is 0 Å². The van der Waals surface area contributed by atoms with Crippen LogP contribution in [0.2, 0.25) is 0 Å². The van der Waals surface area contributed by atoms with Crippen molar-refractivity contribution in [3.63, 3.8) is 0 Å². The number of hydrogen-bond acceptors (Lipinski definition) is 2. The highest BCUT2D eigenvalue weighted by molar-refractivity contribution is 5.54. The van der Waals surface area contributed by atoms with E-state index in [1.54, 1.807) is 6.07 Å². The van der Waals surface area contributed by atoms with E-state index in [2.05, 4.69) is 25.7 Å². The van der Waals surface area contributed by atoms with E-state index in [1.165, 1.54) is 6.07 Å². The summed E-state index contributed by atoms with van der Waals surface area (Å²) in [7, 11) is 0. The summed E-state index contributed by atoms with van der Waals surface area (Å²) in [6.45, 7) is 7.85. The van der Waals surface area contributed by atoms with Gasteiger partial charge in [0.25, 0.3) is 0 Å². The number of nitrogens with two attached hydrogens (primary N) is 1. The summed E-state index contributed by atoms with van der Waals surface area (Å²) < 4.78 is 13.2. The van der Waals surface area contributed by atoms with Crippen LogP contribution < -0.4 is 10.6 Å². The first-order valence-corrected chi connectivity index (χ1v) is 5.85. The molecule has 0 aliphatic rings. The minimum Gasteiger partial charge on any atom is -0.369 e. The first-order valence-electron chi connectivity index (χ1n) is 5.85. The minimum absolute atomic E-state index is 0.188. The van der Waals surface area contributed by atoms with Crippen LogP contribution in [0.15, 0.2) is 18.2 Å². The Morgan fingerprint density at radius 1 is 1.38 bits per heavy atom. The van der Waals surface area contributed by atoms with Crippen LogP contribution in [-0.4, -0.2) is 19.1 Å². The van der Waals surface area contributed by atoms with Gasteiger partial charge in [0.15, 0.2) is 0 Å². The van der Waals surface area contributed by atoms with Gasteiger partial charge < -0.3 is 10.6 Å². The van der Waals surface area contributed by atoms with Gasteiger partial charge in [0.05, 0.1) is 0 Å². The van der Waals surface area contributed by atoms with Crippen LogP contribution in [0, 0.1) is 5.82 Å². The van der Waals surface area contributed by atoms with Gasteiger partial charge in [0.1, 0.15) is 5.82 Å². The summed E-state index contributed by atoms with van der Waals surface area (Å²) in [5, 5.41) is 0. The molecule has 3 heteroatoms. The summed E-state index contributed by atoms with van der Waals surface area (Å²) >= 11 is 0. The SMILES string of the molecule is CCN(c1ccc(F)cc1CCN)C(C)C. The lowest BCUT2D eigenvalue weighted by Gasteiger charge is -2.29. The Balaban J connectivity index is 3.09. The molecule has 0 heterocycles. The van der Waals surface area contributed by atoms with E-state index in [-0.39, 0.29) is 5.82 Å². The van der Waals surface area contributed by atoms with Gasteiger partial charge in [-0.05, 0) is 57.5 Å². The number of rotatable bonds is 5. The van der Waals surface area contributed by atoms with Crippen molar-refractivity contribution in [1.29, 1.82) is 0 Å². The normalized spacial score (nSPS) is 10.9. The van der Waals surface area contributed by atoms with E-state index >= 15 is 0 Å². The standard InChI is InChI=1S/C13H21FN2/c1-4-16(10(2)3)13-6-5-12(14)9-11(13)7-8-15/h5-6,9-10H,4,7-8,15H2,1-3H3. The third kappa shape index (κ3) is 2.95. The highest BCUT2D eigenvalue weighted by atomic mass is 19.1. The molecule has 0 atom stereocenters. The topological polar surface area (TPSA) is 29.3 Å². The summed E-state index contributed by atoms with van der Waals surface area (Å²) in [6.07, 6.45) is 0.719. The maximum Gasteiger partial charge on any atom is 0.123 e. The molecule has 0 bridgehead atoms. The van der Waals surface area contributed by atoms with Crippen LogP contribution in [0.1, 0.15) is 26.3 Å². The van der Waals surface area contributed by atoms with Crippen molar-refractivity contribution >= 4 is 5.69 Å². The molecular weight excluding hydrogens is 203 g/mol. The largest absolute Gasteiger partial charge is 0.369 e. The molecule has 2 nitrogen and oxygen atoms in total. The molecule has 2 N–H and O–H groups in total. The van der Waals surface area contributed by atoms with Crippen molar-refractivity contribution in [2.45, 2.75) is 33.2 Å². The first-order chi connectivity index (χ1) is 7.60. The second-order valence-electron chi connectivity index (χ2n) is 4.19. The minimum atomic E-state index is -0.188. The highest BCUT2D eigenvalue weighted by Gasteiger charge is 2.12. The summed E-state index contributed by atoms with van der Waals surface area (Å²) in [5.74, 6) is -0.188. The Labute approximate surface area is 97.3 Å². The lowest BCUT2D eigenvalue weighted by Crippen LogP contribution is -2.31. The zero-order valence-electron chi connectivity index (χ0n) is 10.3. The molecule has 16 heavy (non-hydrogen) atoms. The van der Waals surface area contributed by atoms with Gasteiger partial charge in [-0.15, -0.1) is 0 Å². The van der Waals surface area contributed by atoms with Crippen LogP contribution in [0.25, 0.3) is 0 Å². The predicted molar refractivity (Wildman–Crippen MR) is 67.3 cm³/mol. The second-order valence-corrected chi connectivity index (χ2v) is 4.19. The van der Waals surface area contributed by atoms with Crippen molar-refractivity contribution in [2.24, 2.45) is 5.73 Å². The van der Waals surface area contributed by atoms with E-state index in [4.69, 9.17) is 5.73 Å². The molecule has 1 aromatic carbocycles. The van der Waals surface area contributed by atoms with E-state index < -0.39 is 0 Å². The van der Waals surface area contributed by atoms with Gasteiger partial charge in [-0.2, -0.15) is 0 Å². The molecule has 0 fully saturated rings. The average Bonchev–Trinajstić information content (AvgIpc) is 2.22. The molecule has 0 radical (unpaired) electrons.